The van der Waals surface area contributed by atoms with Crippen LogP contribution < -0.4 is 11.3 Å². The number of aryl methyl sites for hydroxylation is 1. The van der Waals surface area contributed by atoms with Crippen molar-refractivity contribution >= 4 is 44.8 Å². The molecule has 18 heavy (non-hydrogen) atoms. The van der Waals surface area contributed by atoms with Crippen LogP contribution in [0, 0.1) is 6.92 Å². The van der Waals surface area contributed by atoms with Crippen LogP contribution in [0.1, 0.15) is 16.1 Å². The van der Waals surface area contributed by atoms with Crippen LogP contribution in [0.25, 0.3) is 10.7 Å². The number of thioether (sulfide) groups is 1. The summed E-state index contributed by atoms with van der Waals surface area (Å²) < 4.78 is 1.10. The zero-order chi connectivity index (χ0) is 12.7. The molecule has 2 aromatic rings. The first kappa shape index (κ1) is 12.4. The highest BCUT2D eigenvalue weighted by atomic mass is 79.9. The summed E-state index contributed by atoms with van der Waals surface area (Å²) in [4.78, 5) is 11.5. The van der Waals surface area contributed by atoms with E-state index in [-0.39, 0.29) is 0 Å². The molecule has 94 valence electrons. The minimum atomic E-state index is 0.752. The number of nitrogens with two attached hydrogens (primary N) is 1. The highest BCUT2D eigenvalue weighted by Gasteiger charge is 2.20. The zero-order valence-electron chi connectivity index (χ0n) is 9.66. The Labute approximate surface area is 122 Å². The summed E-state index contributed by atoms with van der Waals surface area (Å²) in [7, 11) is 0. The molecule has 0 unspecified atom stereocenters. The molecule has 3 N–H and O–H groups in total. The van der Waals surface area contributed by atoms with Crippen molar-refractivity contribution in [3.05, 3.63) is 26.7 Å². The lowest BCUT2D eigenvalue weighted by Crippen LogP contribution is -2.12. The maximum absolute atomic E-state index is 5.55. The van der Waals surface area contributed by atoms with Crippen LogP contribution in [0.4, 0.5) is 5.82 Å². The minimum Gasteiger partial charge on any atom is -0.308 e. The standard InChI is InChI=1S/C11H11BrN4S2/c1-5-7(12)2-9(18-5)11-14-8-4-17-3-6(8)10(15-11)16-13/h2H,3-4,13H2,1H3,(H,14,15,16). The number of rotatable bonds is 2. The van der Waals surface area contributed by atoms with Gasteiger partial charge in [-0.15, -0.1) is 11.3 Å². The highest BCUT2D eigenvalue weighted by Crippen LogP contribution is 2.37. The number of hydrogen-bond donors (Lipinski definition) is 2. The lowest BCUT2D eigenvalue weighted by molar-refractivity contribution is 1.06. The van der Waals surface area contributed by atoms with E-state index in [1.807, 2.05) is 11.8 Å². The van der Waals surface area contributed by atoms with Crippen molar-refractivity contribution in [3.63, 3.8) is 0 Å². The summed E-state index contributed by atoms with van der Waals surface area (Å²) in [6, 6.07) is 2.06. The van der Waals surface area contributed by atoms with Gasteiger partial charge in [-0.25, -0.2) is 15.8 Å². The second kappa shape index (κ2) is 4.80. The summed E-state index contributed by atoms with van der Waals surface area (Å²) in [5, 5.41) is 0. The Bertz CT molecular complexity index is 592. The Kier molecular flexibility index (Phi) is 3.31. The normalized spacial score (nSPS) is 13.7. The first-order chi connectivity index (χ1) is 8.69. The first-order valence-electron chi connectivity index (χ1n) is 5.39. The average Bonchev–Trinajstić information content (AvgIpc) is 2.95. The van der Waals surface area contributed by atoms with Crippen LogP contribution in [0.15, 0.2) is 10.5 Å². The number of anilines is 1. The van der Waals surface area contributed by atoms with E-state index < -0.39 is 0 Å². The molecule has 0 amide bonds. The molecule has 7 heteroatoms. The number of hydrazine groups is 1. The molecule has 0 atom stereocenters. The molecule has 0 aliphatic carbocycles. The minimum absolute atomic E-state index is 0.752. The van der Waals surface area contributed by atoms with Crippen LogP contribution in [0.3, 0.4) is 0 Å². The summed E-state index contributed by atoms with van der Waals surface area (Å²) in [6.45, 7) is 2.07. The van der Waals surface area contributed by atoms with Crippen LogP contribution >= 0.6 is 39.0 Å². The Morgan fingerprint density at radius 2 is 2.22 bits per heavy atom. The smallest absolute Gasteiger partial charge is 0.172 e. The Morgan fingerprint density at radius 3 is 2.89 bits per heavy atom. The summed E-state index contributed by atoms with van der Waals surface area (Å²) in [5.74, 6) is 8.92. The van der Waals surface area contributed by atoms with E-state index in [1.165, 1.54) is 4.88 Å². The first-order valence-corrected chi connectivity index (χ1v) is 8.16. The molecular formula is C11H11BrN4S2. The molecule has 0 spiro atoms. The van der Waals surface area contributed by atoms with Gasteiger partial charge in [0.2, 0.25) is 0 Å². The molecule has 0 aromatic carbocycles. The number of thiophene rings is 1. The zero-order valence-corrected chi connectivity index (χ0v) is 12.9. The number of fused-ring (bicyclic) bond motifs is 1. The van der Waals surface area contributed by atoms with Crippen LogP contribution in [-0.4, -0.2) is 9.97 Å². The van der Waals surface area contributed by atoms with Crippen LogP contribution in [0.2, 0.25) is 0 Å². The van der Waals surface area contributed by atoms with Crippen molar-refractivity contribution in [2.45, 2.75) is 18.4 Å². The van der Waals surface area contributed by atoms with E-state index in [1.54, 1.807) is 11.3 Å². The molecule has 2 aromatic heterocycles. The lowest BCUT2D eigenvalue weighted by Gasteiger charge is -2.07. The number of aromatic nitrogens is 2. The number of nitrogens with one attached hydrogen (secondary N) is 1. The number of halogens is 1. The SMILES string of the molecule is Cc1sc(-c2nc3c(c(NN)n2)CSC3)cc1Br. The van der Waals surface area contributed by atoms with E-state index in [9.17, 15) is 0 Å². The Hall–Kier alpha value is -0.630. The second-order valence-corrected chi connectivity index (χ2v) is 7.07. The summed E-state index contributed by atoms with van der Waals surface area (Å²) in [5.41, 5.74) is 4.92. The van der Waals surface area contributed by atoms with Gasteiger partial charge in [-0.3, -0.25) is 0 Å². The maximum Gasteiger partial charge on any atom is 0.172 e. The van der Waals surface area contributed by atoms with Gasteiger partial charge in [-0.05, 0) is 28.9 Å². The van der Waals surface area contributed by atoms with Gasteiger partial charge in [-0.1, -0.05) is 0 Å². The molecule has 4 nitrogen and oxygen atoms in total. The Balaban J connectivity index is 2.13. The van der Waals surface area contributed by atoms with Gasteiger partial charge in [0.1, 0.15) is 5.82 Å². The van der Waals surface area contributed by atoms with E-state index >= 15 is 0 Å². The maximum atomic E-state index is 5.55. The number of nitrogens with zero attached hydrogens (tertiary/aromatic N) is 2. The van der Waals surface area contributed by atoms with Crippen molar-refractivity contribution in [2.75, 3.05) is 5.43 Å². The third-order valence-electron chi connectivity index (χ3n) is 2.79. The van der Waals surface area contributed by atoms with Gasteiger partial charge in [0, 0.05) is 26.4 Å². The molecule has 0 fully saturated rings. The molecule has 1 aliphatic heterocycles. The topological polar surface area (TPSA) is 63.8 Å². The van der Waals surface area contributed by atoms with Gasteiger partial charge in [-0.2, -0.15) is 11.8 Å². The quantitative estimate of drug-likeness (QED) is 0.647. The third kappa shape index (κ3) is 2.05. The van der Waals surface area contributed by atoms with E-state index in [4.69, 9.17) is 5.84 Å². The fourth-order valence-electron chi connectivity index (χ4n) is 1.85. The number of nitrogen functional groups attached to an aromatic ring is 1. The molecule has 0 bridgehead atoms. The largest absolute Gasteiger partial charge is 0.308 e. The van der Waals surface area contributed by atoms with Crippen molar-refractivity contribution < 1.29 is 0 Å². The molecule has 0 saturated heterocycles. The Morgan fingerprint density at radius 1 is 1.39 bits per heavy atom. The van der Waals surface area contributed by atoms with Gasteiger partial charge in [0.05, 0.1) is 10.6 Å². The van der Waals surface area contributed by atoms with Gasteiger partial charge < -0.3 is 5.43 Å². The molecular weight excluding hydrogens is 332 g/mol. The predicted octanol–water partition coefficient (Wildman–Crippen LogP) is 3.31. The van der Waals surface area contributed by atoms with Crippen molar-refractivity contribution in [1.82, 2.24) is 9.97 Å². The van der Waals surface area contributed by atoms with Crippen molar-refractivity contribution in [3.8, 4) is 10.7 Å². The van der Waals surface area contributed by atoms with Crippen LogP contribution in [0.5, 0.6) is 0 Å². The molecule has 1 aliphatic rings. The fraction of sp³-hybridized carbons (Fsp3) is 0.273. The molecule has 0 saturated carbocycles. The van der Waals surface area contributed by atoms with E-state index in [0.29, 0.717) is 0 Å². The van der Waals surface area contributed by atoms with Gasteiger partial charge in [0.15, 0.2) is 5.82 Å². The summed E-state index contributed by atoms with van der Waals surface area (Å²) in [6.07, 6.45) is 0. The highest BCUT2D eigenvalue weighted by molar-refractivity contribution is 9.10. The predicted molar refractivity (Wildman–Crippen MR) is 80.6 cm³/mol. The second-order valence-electron chi connectivity index (χ2n) is 3.97. The molecule has 3 heterocycles. The van der Waals surface area contributed by atoms with Crippen molar-refractivity contribution in [1.29, 1.82) is 0 Å². The van der Waals surface area contributed by atoms with E-state index in [2.05, 4.69) is 44.3 Å². The van der Waals surface area contributed by atoms with Crippen molar-refractivity contribution in [2.24, 2.45) is 5.84 Å². The molecule has 3 rings (SSSR count). The lowest BCUT2D eigenvalue weighted by atomic mass is 10.2. The third-order valence-corrected chi connectivity index (χ3v) is 5.90. The molecule has 0 radical (unpaired) electrons. The average molecular weight is 343 g/mol. The monoisotopic (exact) mass is 342 g/mol. The van der Waals surface area contributed by atoms with Gasteiger partial charge in [0.25, 0.3) is 0 Å². The fourth-order valence-corrected chi connectivity index (χ4v) is 4.36. The van der Waals surface area contributed by atoms with E-state index in [0.717, 1.165) is 43.8 Å². The summed E-state index contributed by atoms with van der Waals surface area (Å²) >= 11 is 7.05. The van der Waals surface area contributed by atoms with Crippen LogP contribution in [-0.2, 0) is 11.5 Å². The number of hydrogen-bond acceptors (Lipinski definition) is 6. The van der Waals surface area contributed by atoms with Gasteiger partial charge >= 0.3 is 0 Å².